The number of ether oxygens (including phenoxy) is 2. The summed E-state index contributed by atoms with van der Waals surface area (Å²) in [7, 11) is 3.11. The molecule has 1 atom stereocenters. The number of benzene rings is 3. The smallest absolute Gasteiger partial charge is 0.247 e. The Morgan fingerprint density at radius 3 is 2.26 bits per heavy atom. The molecule has 4 rings (SSSR count). The standard InChI is InChI=1S/C23H19Cl2N3O3/c1-29-19-13-20(30-2)18(12-17(19)25)26-21(15-10-6-7-11-16(15)24)23-28-27-22(31-23)14-8-4-3-5-9-14/h3-13,21,26H,1-2H3/t21-/m0/s1. The van der Waals surface area contributed by atoms with Gasteiger partial charge in [-0.3, -0.25) is 0 Å². The van der Waals surface area contributed by atoms with E-state index in [0.717, 1.165) is 11.1 Å². The lowest BCUT2D eigenvalue weighted by atomic mass is 10.1. The minimum absolute atomic E-state index is 0.348. The highest BCUT2D eigenvalue weighted by Crippen LogP contribution is 2.39. The maximum atomic E-state index is 6.50. The number of nitrogens with zero attached hydrogens (tertiary/aromatic N) is 2. The molecular weight excluding hydrogens is 437 g/mol. The third-order valence-electron chi connectivity index (χ3n) is 4.70. The molecule has 8 heteroatoms. The number of aromatic nitrogens is 2. The molecule has 0 bridgehead atoms. The molecule has 1 N–H and O–H groups in total. The Morgan fingerprint density at radius 1 is 0.839 bits per heavy atom. The van der Waals surface area contributed by atoms with Gasteiger partial charge in [0.05, 0.1) is 24.9 Å². The van der Waals surface area contributed by atoms with Crippen LogP contribution in [0.15, 0.2) is 71.1 Å². The van der Waals surface area contributed by atoms with Gasteiger partial charge in [0.15, 0.2) is 0 Å². The van der Waals surface area contributed by atoms with Gasteiger partial charge in [0.1, 0.15) is 17.5 Å². The van der Waals surface area contributed by atoms with Crippen LogP contribution in [0.1, 0.15) is 17.5 Å². The van der Waals surface area contributed by atoms with Gasteiger partial charge >= 0.3 is 0 Å². The van der Waals surface area contributed by atoms with Gasteiger partial charge in [0.25, 0.3) is 0 Å². The predicted molar refractivity (Wildman–Crippen MR) is 121 cm³/mol. The first-order chi connectivity index (χ1) is 15.1. The number of methoxy groups -OCH3 is 2. The fourth-order valence-corrected chi connectivity index (χ4v) is 3.64. The van der Waals surface area contributed by atoms with E-state index in [9.17, 15) is 0 Å². The SMILES string of the molecule is COc1cc(OC)c(N[C@H](c2nnc(-c3ccccc3)o2)c2ccccc2Cl)cc1Cl. The zero-order valence-electron chi connectivity index (χ0n) is 16.8. The van der Waals surface area contributed by atoms with Crippen molar-refractivity contribution >= 4 is 28.9 Å². The van der Waals surface area contributed by atoms with Crippen LogP contribution >= 0.6 is 23.2 Å². The number of nitrogens with one attached hydrogen (secondary N) is 1. The first-order valence-corrected chi connectivity index (χ1v) is 10.2. The summed E-state index contributed by atoms with van der Waals surface area (Å²) in [5.74, 6) is 1.80. The van der Waals surface area contributed by atoms with Crippen LogP contribution in [0.3, 0.4) is 0 Å². The van der Waals surface area contributed by atoms with Gasteiger partial charge in [-0.15, -0.1) is 10.2 Å². The number of hydrogen-bond donors (Lipinski definition) is 1. The molecule has 0 saturated heterocycles. The number of halogens is 2. The second kappa shape index (κ2) is 9.29. The summed E-state index contributed by atoms with van der Waals surface area (Å²) < 4.78 is 16.8. The molecule has 0 fully saturated rings. The van der Waals surface area contributed by atoms with Crippen LogP contribution in [0.5, 0.6) is 11.5 Å². The normalized spacial score (nSPS) is 11.7. The Labute approximate surface area is 189 Å². The third kappa shape index (κ3) is 4.45. The van der Waals surface area contributed by atoms with Gasteiger partial charge in [-0.25, -0.2) is 0 Å². The maximum Gasteiger partial charge on any atom is 0.247 e. The highest BCUT2D eigenvalue weighted by molar-refractivity contribution is 6.32. The van der Waals surface area contributed by atoms with E-state index < -0.39 is 6.04 Å². The van der Waals surface area contributed by atoms with E-state index in [0.29, 0.717) is 39.0 Å². The van der Waals surface area contributed by atoms with Crippen molar-refractivity contribution in [3.8, 4) is 23.0 Å². The molecule has 0 saturated carbocycles. The van der Waals surface area contributed by atoms with E-state index in [1.807, 2.05) is 48.5 Å². The summed E-state index contributed by atoms with van der Waals surface area (Å²) in [6.45, 7) is 0. The third-order valence-corrected chi connectivity index (χ3v) is 5.34. The fourth-order valence-electron chi connectivity index (χ4n) is 3.16. The minimum Gasteiger partial charge on any atom is -0.495 e. The molecule has 1 aromatic heterocycles. The topological polar surface area (TPSA) is 69.4 Å². The summed E-state index contributed by atoms with van der Waals surface area (Å²) in [6, 6.07) is 19.9. The first kappa shape index (κ1) is 21.0. The molecule has 0 aliphatic rings. The van der Waals surface area contributed by atoms with Crippen molar-refractivity contribution < 1.29 is 13.9 Å². The Kier molecular flexibility index (Phi) is 6.30. The lowest BCUT2D eigenvalue weighted by Gasteiger charge is -2.20. The fraction of sp³-hybridized carbons (Fsp3) is 0.130. The van der Waals surface area contributed by atoms with Crippen molar-refractivity contribution in [1.82, 2.24) is 10.2 Å². The molecule has 0 radical (unpaired) electrons. The van der Waals surface area contributed by atoms with Crippen molar-refractivity contribution in [2.24, 2.45) is 0 Å². The van der Waals surface area contributed by atoms with Gasteiger partial charge in [0.2, 0.25) is 11.8 Å². The van der Waals surface area contributed by atoms with Crippen LogP contribution in [0, 0.1) is 0 Å². The Balaban J connectivity index is 1.78. The molecule has 31 heavy (non-hydrogen) atoms. The van der Waals surface area contributed by atoms with Crippen molar-refractivity contribution in [2.45, 2.75) is 6.04 Å². The monoisotopic (exact) mass is 455 g/mol. The Hall–Kier alpha value is -3.22. The quantitative estimate of drug-likeness (QED) is 0.354. The summed E-state index contributed by atoms with van der Waals surface area (Å²) in [5, 5.41) is 12.9. The van der Waals surface area contributed by atoms with Gasteiger partial charge in [0, 0.05) is 22.2 Å². The van der Waals surface area contributed by atoms with Crippen molar-refractivity contribution in [3.63, 3.8) is 0 Å². The van der Waals surface area contributed by atoms with Gasteiger partial charge in [-0.1, -0.05) is 59.6 Å². The molecule has 0 unspecified atom stereocenters. The number of anilines is 1. The molecule has 0 amide bonds. The second-order valence-electron chi connectivity index (χ2n) is 6.60. The number of rotatable bonds is 7. The lowest BCUT2D eigenvalue weighted by Crippen LogP contribution is -2.14. The molecule has 1 heterocycles. The molecule has 158 valence electrons. The molecule has 3 aromatic carbocycles. The molecular formula is C23H19Cl2N3O3. The largest absolute Gasteiger partial charge is 0.495 e. The molecule has 0 aliphatic heterocycles. The second-order valence-corrected chi connectivity index (χ2v) is 7.41. The average Bonchev–Trinajstić information content (AvgIpc) is 3.29. The molecule has 6 nitrogen and oxygen atoms in total. The van der Waals surface area contributed by atoms with Crippen LogP contribution in [-0.4, -0.2) is 24.4 Å². The van der Waals surface area contributed by atoms with Gasteiger partial charge < -0.3 is 19.2 Å². The zero-order valence-corrected chi connectivity index (χ0v) is 18.3. The van der Waals surface area contributed by atoms with E-state index in [1.54, 1.807) is 32.4 Å². The van der Waals surface area contributed by atoms with Crippen LogP contribution < -0.4 is 14.8 Å². The van der Waals surface area contributed by atoms with Crippen molar-refractivity contribution in [3.05, 3.63) is 88.2 Å². The Bertz CT molecular complexity index is 1180. The molecule has 0 aliphatic carbocycles. The summed E-state index contributed by atoms with van der Waals surface area (Å²) >= 11 is 12.9. The van der Waals surface area contributed by atoms with Crippen LogP contribution in [0.4, 0.5) is 5.69 Å². The number of hydrogen-bond acceptors (Lipinski definition) is 6. The predicted octanol–water partition coefficient (Wildman–Crippen LogP) is 6.26. The average molecular weight is 456 g/mol. The van der Waals surface area contributed by atoms with Crippen LogP contribution in [0.2, 0.25) is 10.0 Å². The van der Waals surface area contributed by atoms with E-state index >= 15 is 0 Å². The van der Waals surface area contributed by atoms with E-state index in [4.69, 9.17) is 37.1 Å². The van der Waals surface area contributed by atoms with E-state index in [1.165, 1.54) is 0 Å². The first-order valence-electron chi connectivity index (χ1n) is 9.42. The van der Waals surface area contributed by atoms with Gasteiger partial charge in [-0.2, -0.15) is 0 Å². The minimum atomic E-state index is -0.544. The summed E-state index contributed by atoms with van der Waals surface area (Å²) in [4.78, 5) is 0. The van der Waals surface area contributed by atoms with Crippen molar-refractivity contribution in [2.75, 3.05) is 19.5 Å². The maximum absolute atomic E-state index is 6.50. The van der Waals surface area contributed by atoms with Gasteiger partial charge in [-0.05, 0) is 24.3 Å². The molecule has 0 spiro atoms. The summed E-state index contributed by atoms with van der Waals surface area (Å²) in [5.41, 5.74) is 2.21. The van der Waals surface area contributed by atoms with E-state index in [2.05, 4.69) is 15.5 Å². The zero-order chi connectivity index (χ0) is 21.8. The lowest BCUT2D eigenvalue weighted by molar-refractivity contribution is 0.395. The highest BCUT2D eigenvalue weighted by Gasteiger charge is 2.25. The van der Waals surface area contributed by atoms with Crippen LogP contribution in [-0.2, 0) is 0 Å². The summed E-state index contributed by atoms with van der Waals surface area (Å²) in [6.07, 6.45) is 0. The Morgan fingerprint density at radius 2 is 1.55 bits per heavy atom. The highest BCUT2D eigenvalue weighted by atomic mass is 35.5. The van der Waals surface area contributed by atoms with Crippen LogP contribution in [0.25, 0.3) is 11.5 Å². The van der Waals surface area contributed by atoms with Crippen molar-refractivity contribution in [1.29, 1.82) is 0 Å². The molecule has 4 aromatic rings. The van der Waals surface area contributed by atoms with E-state index in [-0.39, 0.29) is 0 Å².